The smallest absolute Gasteiger partial charge is 0.230 e. The maximum atomic E-state index is 11.5. The zero-order chi connectivity index (χ0) is 13.5. The van der Waals surface area contributed by atoms with Crippen molar-refractivity contribution in [1.29, 1.82) is 0 Å². The Bertz CT molecular complexity index is 394. The van der Waals surface area contributed by atoms with Gasteiger partial charge in [-0.15, -0.1) is 10.2 Å². The normalized spacial score (nSPS) is 10.9. The van der Waals surface area contributed by atoms with Gasteiger partial charge in [-0.25, -0.2) is 4.68 Å². The number of rotatable bonds is 7. The summed E-state index contributed by atoms with van der Waals surface area (Å²) in [6.07, 6.45) is 0. The van der Waals surface area contributed by atoms with E-state index in [1.54, 1.807) is 7.11 Å². The van der Waals surface area contributed by atoms with Crippen molar-refractivity contribution in [2.24, 2.45) is 0 Å². The van der Waals surface area contributed by atoms with Crippen LogP contribution in [0.5, 0.6) is 0 Å². The second kappa shape index (κ2) is 7.22. The number of nitrogens with one attached hydrogen (secondary N) is 1. The lowest BCUT2D eigenvalue weighted by Gasteiger charge is -2.06. The van der Waals surface area contributed by atoms with Gasteiger partial charge in [0.2, 0.25) is 11.1 Å². The molecule has 3 N–H and O–H groups in total. The van der Waals surface area contributed by atoms with Gasteiger partial charge in [0.1, 0.15) is 0 Å². The summed E-state index contributed by atoms with van der Waals surface area (Å²) < 4.78 is 6.26. The standard InChI is InChI=1S/C10H19N5O2S/c1-7(2)9-13-14-10(15(9)11)18-6-8(16)12-4-5-17-3/h7H,4-6,11H2,1-3H3,(H,12,16). The molecule has 102 valence electrons. The first kappa shape index (κ1) is 14.8. The second-order valence-corrected chi connectivity index (χ2v) is 4.94. The molecule has 0 aliphatic heterocycles. The average Bonchev–Trinajstić information content (AvgIpc) is 2.68. The fraction of sp³-hybridized carbons (Fsp3) is 0.700. The van der Waals surface area contributed by atoms with E-state index < -0.39 is 0 Å². The number of thioether (sulfide) groups is 1. The van der Waals surface area contributed by atoms with Crippen LogP contribution in [-0.4, -0.2) is 46.8 Å². The van der Waals surface area contributed by atoms with Crippen LogP contribution in [0.4, 0.5) is 0 Å². The van der Waals surface area contributed by atoms with Crippen LogP contribution in [0, 0.1) is 0 Å². The molecule has 1 amide bonds. The fourth-order valence-corrected chi connectivity index (χ4v) is 1.95. The van der Waals surface area contributed by atoms with Crippen LogP contribution in [0.2, 0.25) is 0 Å². The Balaban J connectivity index is 2.41. The molecule has 0 unspecified atom stereocenters. The molecule has 0 saturated heterocycles. The van der Waals surface area contributed by atoms with Crippen LogP contribution in [0.1, 0.15) is 25.6 Å². The molecule has 18 heavy (non-hydrogen) atoms. The Hall–Kier alpha value is -1.28. The zero-order valence-corrected chi connectivity index (χ0v) is 11.7. The van der Waals surface area contributed by atoms with Gasteiger partial charge in [0, 0.05) is 19.6 Å². The number of carbonyl (C=O) groups excluding carboxylic acids is 1. The first-order valence-electron chi connectivity index (χ1n) is 5.65. The van der Waals surface area contributed by atoms with Crippen molar-refractivity contribution in [3.05, 3.63) is 5.82 Å². The number of carbonyl (C=O) groups is 1. The van der Waals surface area contributed by atoms with Crippen LogP contribution < -0.4 is 11.2 Å². The molecule has 1 aromatic heterocycles. The Morgan fingerprint density at radius 2 is 2.28 bits per heavy atom. The maximum Gasteiger partial charge on any atom is 0.230 e. The van der Waals surface area contributed by atoms with Gasteiger partial charge in [0.25, 0.3) is 0 Å². The number of hydrogen-bond acceptors (Lipinski definition) is 6. The third-order valence-corrected chi connectivity index (χ3v) is 3.11. The van der Waals surface area contributed by atoms with Crippen molar-refractivity contribution in [3.8, 4) is 0 Å². The van der Waals surface area contributed by atoms with Crippen molar-refractivity contribution in [2.75, 3.05) is 31.9 Å². The first-order chi connectivity index (χ1) is 8.56. The minimum absolute atomic E-state index is 0.0776. The van der Waals surface area contributed by atoms with Crippen LogP contribution in [0.3, 0.4) is 0 Å². The van der Waals surface area contributed by atoms with Gasteiger partial charge in [-0.05, 0) is 0 Å². The summed E-state index contributed by atoms with van der Waals surface area (Å²) >= 11 is 1.26. The zero-order valence-electron chi connectivity index (χ0n) is 10.8. The topological polar surface area (TPSA) is 95.1 Å². The summed E-state index contributed by atoms with van der Waals surface area (Å²) in [5, 5.41) is 11.2. The summed E-state index contributed by atoms with van der Waals surface area (Å²) in [6.45, 7) is 4.97. The summed E-state index contributed by atoms with van der Waals surface area (Å²) in [5.74, 6) is 6.92. The Kier molecular flexibility index (Phi) is 5.93. The highest BCUT2D eigenvalue weighted by Gasteiger charge is 2.14. The SMILES string of the molecule is COCCNC(=O)CSc1nnc(C(C)C)n1N. The molecule has 0 aliphatic rings. The van der Waals surface area contributed by atoms with E-state index >= 15 is 0 Å². The molecule has 0 radical (unpaired) electrons. The van der Waals surface area contributed by atoms with Gasteiger partial charge in [0.15, 0.2) is 5.82 Å². The number of methoxy groups -OCH3 is 1. The first-order valence-corrected chi connectivity index (χ1v) is 6.63. The second-order valence-electron chi connectivity index (χ2n) is 4.00. The summed E-state index contributed by atoms with van der Waals surface area (Å²) in [4.78, 5) is 11.5. The van der Waals surface area contributed by atoms with Crippen LogP contribution in [0.25, 0.3) is 0 Å². The number of hydrogen-bond donors (Lipinski definition) is 2. The average molecular weight is 273 g/mol. The summed E-state index contributed by atoms with van der Waals surface area (Å²) in [7, 11) is 1.59. The van der Waals surface area contributed by atoms with E-state index in [-0.39, 0.29) is 17.6 Å². The number of nitrogens with two attached hydrogens (primary N) is 1. The summed E-state index contributed by atoms with van der Waals surface area (Å²) in [5.41, 5.74) is 0. The number of nitrogen functional groups attached to an aromatic ring is 1. The molecule has 1 rings (SSSR count). The Morgan fingerprint density at radius 3 is 2.83 bits per heavy atom. The van der Waals surface area contributed by atoms with Crippen molar-refractivity contribution in [3.63, 3.8) is 0 Å². The van der Waals surface area contributed by atoms with E-state index in [2.05, 4.69) is 15.5 Å². The third-order valence-electron chi connectivity index (χ3n) is 2.17. The van der Waals surface area contributed by atoms with E-state index in [4.69, 9.17) is 10.6 Å². The van der Waals surface area contributed by atoms with E-state index in [0.717, 1.165) is 0 Å². The largest absolute Gasteiger partial charge is 0.383 e. The third kappa shape index (κ3) is 4.19. The molecule has 0 bridgehead atoms. The minimum Gasteiger partial charge on any atom is -0.383 e. The molecule has 8 heteroatoms. The van der Waals surface area contributed by atoms with E-state index in [0.29, 0.717) is 24.1 Å². The van der Waals surface area contributed by atoms with E-state index in [1.165, 1.54) is 16.4 Å². The molecule has 1 heterocycles. The lowest BCUT2D eigenvalue weighted by molar-refractivity contribution is -0.118. The molecule has 7 nitrogen and oxygen atoms in total. The molecule has 0 aliphatic carbocycles. The Labute approximate surface area is 110 Å². The molecule has 0 spiro atoms. The van der Waals surface area contributed by atoms with Gasteiger partial charge in [-0.3, -0.25) is 4.79 Å². The quantitative estimate of drug-likeness (QED) is 0.411. The number of aromatic nitrogens is 3. The molecule has 0 fully saturated rings. The molecule has 0 saturated carbocycles. The predicted molar refractivity (Wildman–Crippen MR) is 69.9 cm³/mol. The van der Waals surface area contributed by atoms with Crippen LogP contribution in [0.15, 0.2) is 5.16 Å². The van der Waals surface area contributed by atoms with Crippen molar-refractivity contribution >= 4 is 17.7 Å². The monoisotopic (exact) mass is 273 g/mol. The maximum absolute atomic E-state index is 11.5. The van der Waals surface area contributed by atoms with Crippen molar-refractivity contribution in [2.45, 2.75) is 24.9 Å². The van der Waals surface area contributed by atoms with Crippen molar-refractivity contribution < 1.29 is 9.53 Å². The molecule has 1 aromatic rings. The lowest BCUT2D eigenvalue weighted by Crippen LogP contribution is -2.28. The molecular formula is C10H19N5O2S. The van der Waals surface area contributed by atoms with Gasteiger partial charge in [0.05, 0.1) is 12.4 Å². The Morgan fingerprint density at radius 1 is 1.56 bits per heavy atom. The molecular weight excluding hydrogens is 254 g/mol. The highest BCUT2D eigenvalue weighted by atomic mass is 32.2. The van der Waals surface area contributed by atoms with E-state index in [1.807, 2.05) is 13.8 Å². The van der Waals surface area contributed by atoms with Crippen LogP contribution in [-0.2, 0) is 9.53 Å². The van der Waals surface area contributed by atoms with Crippen molar-refractivity contribution in [1.82, 2.24) is 20.2 Å². The predicted octanol–water partition coefficient (Wildman–Crippen LogP) is -0.0300. The van der Waals surface area contributed by atoms with Gasteiger partial charge < -0.3 is 15.9 Å². The van der Waals surface area contributed by atoms with E-state index in [9.17, 15) is 4.79 Å². The summed E-state index contributed by atoms with van der Waals surface area (Å²) in [6, 6.07) is 0. The van der Waals surface area contributed by atoms with Crippen LogP contribution >= 0.6 is 11.8 Å². The van der Waals surface area contributed by atoms with Gasteiger partial charge >= 0.3 is 0 Å². The highest BCUT2D eigenvalue weighted by molar-refractivity contribution is 7.99. The number of nitrogens with zero attached hydrogens (tertiary/aromatic N) is 3. The number of amides is 1. The fourth-order valence-electron chi connectivity index (χ4n) is 1.25. The van der Waals surface area contributed by atoms with Gasteiger partial charge in [-0.1, -0.05) is 25.6 Å². The molecule has 0 aromatic carbocycles. The lowest BCUT2D eigenvalue weighted by atomic mass is 10.2. The highest BCUT2D eigenvalue weighted by Crippen LogP contribution is 2.18. The number of ether oxygens (including phenoxy) is 1. The molecule has 0 atom stereocenters. The minimum atomic E-state index is -0.0776. The van der Waals surface area contributed by atoms with Gasteiger partial charge in [-0.2, -0.15) is 0 Å².